The Labute approximate surface area is 125 Å². The van der Waals surface area contributed by atoms with Crippen LogP contribution in [0.25, 0.3) is 0 Å². The molecule has 0 radical (unpaired) electrons. The summed E-state index contributed by atoms with van der Waals surface area (Å²) in [6.07, 6.45) is 2.47. The van der Waals surface area contributed by atoms with Crippen molar-refractivity contribution < 1.29 is 0 Å². The SMILES string of the molecule is CN=C(NCCCC(C)C)NC1CN(C(C)C)CC1C. The van der Waals surface area contributed by atoms with Crippen LogP contribution in [-0.2, 0) is 0 Å². The maximum Gasteiger partial charge on any atom is 0.191 e. The molecule has 0 aromatic carbocycles. The van der Waals surface area contributed by atoms with E-state index in [0.29, 0.717) is 18.0 Å². The summed E-state index contributed by atoms with van der Waals surface area (Å²) in [5.41, 5.74) is 0. The first kappa shape index (κ1) is 17.3. The minimum absolute atomic E-state index is 0.508. The van der Waals surface area contributed by atoms with Crippen LogP contribution in [0.3, 0.4) is 0 Å². The van der Waals surface area contributed by atoms with Crippen LogP contribution in [0.2, 0.25) is 0 Å². The minimum Gasteiger partial charge on any atom is -0.356 e. The van der Waals surface area contributed by atoms with Gasteiger partial charge < -0.3 is 10.6 Å². The van der Waals surface area contributed by atoms with Crippen molar-refractivity contribution in [2.75, 3.05) is 26.7 Å². The summed E-state index contributed by atoms with van der Waals surface area (Å²) in [6, 6.07) is 1.14. The van der Waals surface area contributed by atoms with Crippen LogP contribution >= 0.6 is 0 Å². The highest BCUT2D eigenvalue weighted by molar-refractivity contribution is 5.80. The van der Waals surface area contributed by atoms with E-state index in [1.165, 1.54) is 19.4 Å². The molecule has 0 bridgehead atoms. The molecule has 1 heterocycles. The highest BCUT2D eigenvalue weighted by Gasteiger charge is 2.31. The quantitative estimate of drug-likeness (QED) is 0.446. The van der Waals surface area contributed by atoms with E-state index in [4.69, 9.17) is 0 Å². The summed E-state index contributed by atoms with van der Waals surface area (Å²) in [5, 5.41) is 7.02. The van der Waals surface area contributed by atoms with Crippen molar-refractivity contribution in [3.05, 3.63) is 0 Å². The molecule has 0 aromatic rings. The third-order valence-corrected chi connectivity index (χ3v) is 4.17. The molecule has 4 heteroatoms. The standard InChI is InChI=1S/C16H34N4/c1-12(2)8-7-9-18-16(17-6)19-15-11-20(13(3)4)10-14(15)5/h12-15H,7-11H2,1-6H3,(H2,17,18,19). The molecular weight excluding hydrogens is 248 g/mol. The molecule has 0 amide bonds. The molecule has 2 unspecified atom stereocenters. The first-order chi connectivity index (χ1) is 9.43. The van der Waals surface area contributed by atoms with Crippen molar-refractivity contribution >= 4 is 5.96 Å². The van der Waals surface area contributed by atoms with Gasteiger partial charge in [0, 0.05) is 38.8 Å². The predicted octanol–water partition coefficient (Wildman–Crippen LogP) is 2.32. The van der Waals surface area contributed by atoms with Gasteiger partial charge in [0.2, 0.25) is 0 Å². The average molecular weight is 282 g/mol. The van der Waals surface area contributed by atoms with Gasteiger partial charge in [-0.3, -0.25) is 9.89 Å². The molecule has 0 spiro atoms. The molecular formula is C16H34N4. The van der Waals surface area contributed by atoms with Crippen molar-refractivity contribution in [2.24, 2.45) is 16.8 Å². The number of rotatable bonds is 6. The number of hydrogen-bond donors (Lipinski definition) is 2. The number of aliphatic imine (C=N–C) groups is 1. The largest absolute Gasteiger partial charge is 0.356 e. The zero-order chi connectivity index (χ0) is 15.1. The second kappa shape index (κ2) is 8.50. The van der Waals surface area contributed by atoms with Gasteiger partial charge in [0.15, 0.2) is 5.96 Å². The fourth-order valence-electron chi connectivity index (χ4n) is 2.70. The van der Waals surface area contributed by atoms with E-state index >= 15 is 0 Å². The van der Waals surface area contributed by atoms with Crippen molar-refractivity contribution in [1.29, 1.82) is 0 Å². The van der Waals surface area contributed by atoms with Gasteiger partial charge >= 0.3 is 0 Å². The Bertz CT molecular complexity index is 299. The van der Waals surface area contributed by atoms with Crippen LogP contribution in [0.1, 0.15) is 47.5 Å². The predicted molar refractivity (Wildman–Crippen MR) is 88.2 cm³/mol. The lowest BCUT2D eigenvalue weighted by Gasteiger charge is -2.22. The second-order valence-electron chi connectivity index (χ2n) is 6.81. The minimum atomic E-state index is 0.508. The molecule has 118 valence electrons. The van der Waals surface area contributed by atoms with Crippen molar-refractivity contribution in [3.63, 3.8) is 0 Å². The monoisotopic (exact) mass is 282 g/mol. The van der Waals surface area contributed by atoms with Gasteiger partial charge in [0.25, 0.3) is 0 Å². The van der Waals surface area contributed by atoms with E-state index in [9.17, 15) is 0 Å². The van der Waals surface area contributed by atoms with Gasteiger partial charge in [-0.25, -0.2) is 0 Å². The van der Waals surface area contributed by atoms with Crippen molar-refractivity contribution in [2.45, 2.75) is 59.5 Å². The van der Waals surface area contributed by atoms with Crippen molar-refractivity contribution in [1.82, 2.24) is 15.5 Å². The topological polar surface area (TPSA) is 39.7 Å². The van der Waals surface area contributed by atoms with Crippen LogP contribution in [0.4, 0.5) is 0 Å². The lowest BCUT2D eigenvalue weighted by molar-refractivity contribution is 0.265. The summed E-state index contributed by atoms with van der Waals surface area (Å²) in [4.78, 5) is 6.88. The molecule has 1 saturated heterocycles. The van der Waals surface area contributed by atoms with Gasteiger partial charge in [0.05, 0.1) is 0 Å². The smallest absolute Gasteiger partial charge is 0.191 e. The summed E-state index contributed by atoms with van der Waals surface area (Å²) in [5.74, 6) is 2.41. The molecule has 1 rings (SSSR count). The Morgan fingerprint density at radius 3 is 2.45 bits per heavy atom. The van der Waals surface area contributed by atoms with Crippen LogP contribution in [0.5, 0.6) is 0 Å². The molecule has 1 fully saturated rings. The Hall–Kier alpha value is -0.770. The van der Waals surface area contributed by atoms with Crippen LogP contribution in [0.15, 0.2) is 4.99 Å². The molecule has 4 nitrogen and oxygen atoms in total. The average Bonchev–Trinajstić information content (AvgIpc) is 2.74. The Morgan fingerprint density at radius 1 is 1.25 bits per heavy atom. The van der Waals surface area contributed by atoms with Gasteiger partial charge in [0.1, 0.15) is 0 Å². The molecule has 0 aromatic heterocycles. The van der Waals surface area contributed by atoms with E-state index < -0.39 is 0 Å². The maximum atomic E-state index is 4.35. The third kappa shape index (κ3) is 5.70. The van der Waals surface area contributed by atoms with Crippen molar-refractivity contribution in [3.8, 4) is 0 Å². The summed E-state index contributed by atoms with van der Waals surface area (Å²) < 4.78 is 0. The maximum absolute atomic E-state index is 4.35. The molecule has 0 aliphatic carbocycles. The normalized spacial score (nSPS) is 24.7. The molecule has 2 atom stereocenters. The lowest BCUT2D eigenvalue weighted by Crippen LogP contribution is -2.47. The Kier molecular flexibility index (Phi) is 7.35. The summed E-state index contributed by atoms with van der Waals surface area (Å²) in [7, 11) is 1.86. The van der Waals surface area contributed by atoms with E-state index in [2.05, 4.69) is 55.1 Å². The number of nitrogens with zero attached hydrogens (tertiary/aromatic N) is 2. The number of hydrogen-bond acceptors (Lipinski definition) is 2. The molecule has 0 saturated carbocycles. The van der Waals surface area contributed by atoms with Crippen LogP contribution in [-0.4, -0.2) is 49.6 Å². The number of likely N-dealkylation sites (tertiary alicyclic amines) is 1. The highest BCUT2D eigenvalue weighted by Crippen LogP contribution is 2.18. The fraction of sp³-hybridized carbons (Fsp3) is 0.938. The number of guanidine groups is 1. The van der Waals surface area contributed by atoms with E-state index in [0.717, 1.165) is 25.0 Å². The first-order valence-electron chi connectivity index (χ1n) is 8.15. The molecule has 1 aliphatic rings. The lowest BCUT2D eigenvalue weighted by atomic mass is 10.1. The molecule has 20 heavy (non-hydrogen) atoms. The van der Waals surface area contributed by atoms with Crippen LogP contribution in [0, 0.1) is 11.8 Å². The zero-order valence-electron chi connectivity index (χ0n) is 14.2. The first-order valence-corrected chi connectivity index (χ1v) is 8.15. The zero-order valence-corrected chi connectivity index (χ0v) is 14.2. The van der Waals surface area contributed by atoms with E-state index in [-0.39, 0.29) is 0 Å². The van der Waals surface area contributed by atoms with E-state index in [1.807, 2.05) is 7.05 Å². The second-order valence-corrected chi connectivity index (χ2v) is 6.81. The fourth-order valence-corrected chi connectivity index (χ4v) is 2.70. The number of nitrogens with one attached hydrogen (secondary N) is 2. The summed E-state index contributed by atoms with van der Waals surface area (Å²) in [6.45, 7) is 14.7. The van der Waals surface area contributed by atoms with Gasteiger partial charge in [-0.2, -0.15) is 0 Å². The Morgan fingerprint density at radius 2 is 1.95 bits per heavy atom. The summed E-state index contributed by atoms with van der Waals surface area (Å²) >= 11 is 0. The van der Waals surface area contributed by atoms with Gasteiger partial charge in [-0.1, -0.05) is 20.8 Å². The highest BCUT2D eigenvalue weighted by atomic mass is 15.3. The Balaban J connectivity index is 2.34. The third-order valence-electron chi connectivity index (χ3n) is 4.17. The van der Waals surface area contributed by atoms with Gasteiger partial charge in [-0.15, -0.1) is 0 Å². The molecule has 2 N–H and O–H groups in total. The van der Waals surface area contributed by atoms with E-state index in [1.54, 1.807) is 0 Å². The van der Waals surface area contributed by atoms with Crippen LogP contribution < -0.4 is 10.6 Å². The molecule has 1 aliphatic heterocycles. The van der Waals surface area contributed by atoms with Gasteiger partial charge in [-0.05, 0) is 38.5 Å².